The highest BCUT2D eigenvalue weighted by molar-refractivity contribution is 5.40. The van der Waals surface area contributed by atoms with Crippen LogP contribution in [0.5, 0.6) is 0 Å². The Morgan fingerprint density at radius 2 is 1.76 bits per heavy atom. The van der Waals surface area contributed by atoms with Crippen molar-refractivity contribution < 1.29 is 20.4 Å². The summed E-state index contributed by atoms with van der Waals surface area (Å²) in [4.78, 5) is 0. The van der Waals surface area contributed by atoms with Crippen LogP contribution in [0, 0.1) is 57.2 Å². The SMILES string of the molecule is C[C@H]1[C@@H]2[C@H]3[C@]4(C)[C@@H](O)C[C@@H]([C@](C)(O)CO)[C@]34C[C@@H]2[C@@]23CC[C@](C)(O)[C@@H]2CC[C@@]13C. The van der Waals surface area contributed by atoms with Crippen molar-refractivity contribution in [3.8, 4) is 0 Å². The van der Waals surface area contributed by atoms with Crippen LogP contribution in [-0.2, 0) is 0 Å². The third-order valence-corrected chi connectivity index (χ3v) is 13.0. The van der Waals surface area contributed by atoms with E-state index < -0.39 is 11.2 Å². The first-order valence-corrected chi connectivity index (χ1v) is 12.1. The number of aliphatic hydroxyl groups is 4. The molecule has 6 rings (SSSR count). The zero-order valence-electron chi connectivity index (χ0n) is 18.8. The molecule has 0 aromatic rings. The fourth-order valence-corrected chi connectivity index (χ4v) is 11.9. The molecule has 6 aliphatic carbocycles. The molecule has 0 bridgehead atoms. The maximum atomic E-state index is 11.3. The van der Waals surface area contributed by atoms with E-state index in [1.807, 2.05) is 0 Å². The Hall–Kier alpha value is -0.160. The first kappa shape index (κ1) is 19.5. The van der Waals surface area contributed by atoms with Gasteiger partial charge in [-0.25, -0.2) is 0 Å². The Morgan fingerprint density at radius 3 is 2.41 bits per heavy atom. The molecule has 0 heterocycles. The lowest BCUT2D eigenvalue weighted by atomic mass is 9.58. The summed E-state index contributed by atoms with van der Waals surface area (Å²) < 4.78 is 0. The van der Waals surface area contributed by atoms with Crippen LogP contribution in [0.1, 0.15) is 73.1 Å². The van der Waals surface area contributed by atoms with Crippen LogP contribution in [0.4, 0.5) is 0 Å². The molecule has 6 aliphatic rings. The summed E-state index contributed by atoms with van der Waals surface area (Å²) in [6, 6.07) is 0. The Balaban J connectivity index is 1.48. The van der Waals surface area contributed by atoms with Gasteiger partial charge < -0.3 is 20.4 Å². The minimum absolute atomic E-state index is 0.0350. The molecule has 0 unspecified atom stereocenters. The summed E-state index contributed by atoms with van der Waals surface area (Å²) in [5.74, 6) is 2.56. The Labute approximate surface area is 175 Å². The van der Waals surface area contributed by atoms with Gasteiger partial charge in [-0.3, -0.25) is 0 Å². The van der Waals surface area contributed by atoms with Crippen molar-refractivity contribution in [1.82, 2.24) is 0 Å². The molecule has 0 aromatic heterocycles. The normalized spacial score (nSPS) is 68.8. The molecule has 6 saturated carbocycles. The molecule has 0 aliphatic heterocycles. The number of fused-ring (bicyclic) bond motifs is 3. The molecule has 0 amide bonds. The zero-order chi connectivity index (χ0) is 21.0. The zero-order valence-corrected chi connectivity index (χ0v) is 18.8. The summed E-state index contributed by atoms with van der Waals surface area (Å²) in [5, 5.41) is 43.5. The van der Waals surface area contributed by atoms with Crippen molar-refractivity contribution in [3.05, 3.63) is 0 Å². The predicted octanol–water partition coefficient (Wildman–Crippen LogP) is 2.97. The number of hydrogen-bond donors (Lipinski definition) is 4. The van der Waals surface area contributed by atoms with Crippen molar-refractivity contribution in [2.45, 2.75) is 90.4 Å². The highest BCUT2D eigenvalue weighted by Crippen LogP contribution is 2.95. The Kier molecular flexibility index (Phi) is 3.31. The third kappa shape index (κ3) is 1.63. The highest BCUT2D eigenvalue weighted by atomic mass is 16.3. The van der Waals surface area contributed by atoms with E-state index in [0.29, 0.717) is 36.0 Å². The van der Waals surface area contributed by atoms with Crippen LogP contribution in [0.2, 0.25) is 0 Å². The van der Waals surface area contributed by atoms with Crippen LogP contribution in [0.15, 0.2) is 0 Å². The first-order chi connectivity index (χ1) is 13.4. The molecule has 164 valence electrons. The number of hydrogen-bond acceptors (Lipinski definition) is 4. The molecule has 13 atom stereocenters. The topological polar surface area (TPSA) is 80.9 Å². The molecule has 0 radical (unpaired) electrons. The second-order valence-corrected chi connectivity index (χ2v) is 13.2. The lowest BCUT2D eigenvalue weighted by Crippen LogP contribution is -2.46. The predicted molar refractivity (Wildman–Crippen MR) is 110 cm³/mol. The van der Waals surface area contributed by atoms with Crippen LogP contribution < -0.4 is 0 Å². The Bertz CT molecular complexity index is 777. The fourth-order valence-electron chi connectivity index (χ4n) is 11.9. The van der Waals surface area contributed by atoms with Crippen molar-refractivity contribution in [2.24, 2.45) is 57.2 Å². The quantitative estimate of drug-likeness (QED) is 0.570. The van der Waals surface area contributed by atoms with Gasteiger partial charge in [0.25, 0.3) is 0 Å². The second-order valence-electron chi connectivity index (χ2n) is 13.2. The average molecular weight is 405 g/mol. The smallest absolute Gasteiger partial charge is 0.0883 e. The van der Waals surface area contributed by atoms with Gasteiger partial charge in [-0.2, -0.15) is 0 Å². The molecule has 0 aromatic carbocycles. The van der Waals surface area contributed by atoms with E-state index in [0.717, 1.165) is 25.7 Å². The van der Waals surface area contributed by atoms with Crippen molar-refractivity contribution in [2.75, 3.05) is 6.61 Å². The lowest BCUT2D eigenvalue weighted by Gasteiger charge is -2.47. The monoisotopic (exact) mass is 404 g/mol. The summed E-state index contributed by atoms with van der Waals surface area (Å²) >= 11 is 0. The molecule has 6 fully saturated rings. The summed E-state index contributed by atoms with van der Waals surface area (Å²) in [6.07, 6.45) is 5.72. The first-order valence-electron chi connectivity index (χ1n) is 12.1. The number of aliphatic hydroxyl groups excluding tert-OH is 2. The van der Waals surface area contributed by atoms with E-state index in [2.05, 4.69) is 27.7 Å². The molecule has 0 saturated heterocycles. The highest BCUT2D eigenvalue weighted by Gasteiger charge is 2.93. The van der Waals surface area contributed by atoms with Crippen molar-refractivity contribution in [1.29, 1.82) is 0 Å². The van der Waals surface area contributed by atoms with E-state index in [4.69, 9.17) is 0 Å². The molecule has 4 heteroatoms. The van der Waals surface area contributed by atoms with Crippen molar-refractivity contribution >= 4 is 0 Å². The van der Waals surface area contributed by atoms with Gasteiger partial charge in [0.2, 0.25) is 0 Å². The van der Waals surface area contributed by atoms with Crippen LogP contribution in [-0.4, -0.2) is 44.3 Å². The van der Waals surface area contributed by atoms with Gasteiger partial charge in [0.05, 0.1) is 23.9 Å². The fraction of sp³-hybridized carbons (Fsp3) is 1.00. The van der Waals surface area contributed by atoms with E-state index in [9.17, 15) is 20.4 Å². The summed E-state index contributed by atoms with van der Waals surface area (Å²) in [7, 11) is 0. The minimum Gasteiger partial charge on any atom is -0.393 e. The van der Waals surface area contributed by atoms with Crippen molar-refractivity contribution in [3.63, 3.8) is 0 Å². The Morgan fingerprint density at radius 1 is 1.07 bits per heavy atom. The number of rotatable bonds is 2. The van der Waals surface area contributed by atoms with Crippen LogP contribution in [0.3, 0.4) is 0 Å². The minimum atomic E-state index is -1.13. The largest absolute Gasteiger partial charge is 0.393 e. The van der Waals surface area contributed by atoms with E-state index >= 15 is 0 Å². The van der Waals surface area contributed by atoms with Gasteiger partial charge in [0.1, 0.15) is 0 Å². The average Bonchev–Trinajstić information content (AvgIpc) is 3.11. The van der Waals surface area contributed by atoms with Gasteiger partial charge in [0, 0.05) is 5.41 Å². The summed E-state index contributed by atoms with van der Waals surface area (Å²) in [6.45, 7) is 10.9. The maximum absolute atomic E-state index is 11.3. The second kappa shape index (κ2) is 4.92. The lowest BCUT2D eigenvalue weighted by molar-refractivity contribution is -0.0809. The van der Waals surface area contributed by atoms with Gasteiger partial charge in [0.15, 0.2) is 0 Å². The standard InChI is InChI=1S/C25H40O4/c1-13-18-14(24-9-8-21(3,28)15(24)6-7-20(13,24)2)11-25-16(22(4,29)12-26)10-17(27)23(25,5)19(18)25/h13-19,26-29H,6-12H2,1-5H3/t13-,14-,15-,16-,17-,18-,19-,20-,21-,22+,23-,24-,25+/m0/s1. The third-order valence-electron chi connectivity index (χ3n) is 13.0. The van der Waals surface area contributed by atoms with Crippen LogP contribution in [0.25, 0.3) is 0 Å². The van der Waals surface area contributed by atoms with Gasteiger partial charge >= 0.3 is 0 Å². The van der Waals surface area contributed by atoms with E-state index in [1.165, 1.54) is 6.42 Å². The molecule has 4 nitrogen and oxygen atoms in total. The summed E-state index contributed by atoms with van der Waals surface area (Å²) in [5.41, 5.74) is -1.35. The molecule has 2 spiro atoms. The molecular weight excluding hydrogens is 364 g/mol. The van der Waals surface area contributed by atoms with Gasteiger partial charge in [-0.05, 0) is 104 Å². The molecule has 29 heavy (non-hydrogen) atoms. The molecule has 4 N–H and O–H groups in total. The van der Waals surface area contributed by atoms with Gasteiger partial charge in [-0.15, -0.1) is 0 Å². The van der Waals surface area contributed by atoms with Gasteiger partial charge in [-0.1, -0.05) is 20.8 Å². The van der Waals surface area contributed by atoms with Crippen LogP contribution >= 0.6 is 0 Å². The maximum Gasteiger partial charge on any atom is 0.0883 e. The molecular formula is C25H40O4. The van der Waals surface area contributed by atoms with E-state index in [-0.39, 0.29) is 40.3 Å². The van der Waals surface area contributed by atoms with E-state index in [1.54, 1.807) is 6.92 Å².